The van der Waals surface area contributed by atoms with Crippen LogP contribution in [0, 0.1) is 0 Å². The maximum absolute atomic E-state index is 12.4. The lowest BCUT2D eigenvalue weighted by molar-refractivity contribution is 0.0954. The number of benzene rings is 4. The number of amides is 1. The fourth-order valence-corrected chi connectivity index (χ4v) is 5.43. The van der Waals surface area contributed by atoms with Gasteiger partial charge in [0.2, 0.25) is 0 Å². The molecule has 1 amide bonds. The first-order valence-corrected chi connectivity index (χ1v) is 12.3. The molecule has 5 aromatic rings. The zero-order chi connectivity index (χ0) is 23.3. The molecule has 0 unspecified atom stereocenters. The average Bonchev–Trinajstić information content (AvgIpc) is 3.29. The highest BCUT2D eigenvalue weighted by atomic mass is 32.1. The van der Waals surface area contributed by atoms with E-state index in [1.807, 2.05) is 36.4 Å². The summed E-state index contributed by atoms with van der Waals surface area (Å²) in [5.41, 5.74) is 5.37. The molecule has 0 saturated carbocycles. The van der Waals surface area contributed by atoms with Gasteiger partial charge in [0, 0.05) is 39.0 Å². The Kier molecular flexibility index (Phi) is 6.41. The zero-order valence-corrected chi connectivity index (χ0v) is 19.7. The van der Waals surface area contributed by atoms with Crippen LogP contribution in [0.5, 0.6) is 0 Å². The van der Waals surface area contributed by atoms with E-state index in [0.29, 0.717) is 12.1 Å². The Hall–Kier alpha value is -3.89. The molecule has 0 aliphatic heterocycles. The van der Waals surface area contributed by atoms with Gasteiger partial charge in [-0.2, -0.15) is 0 Å². The summed E-state index contributed by atoms with van der Waals surface area (Å²) in [6, 6.07) is 28.5. The lowest BCUT2D eigenvalue weighted by Gasteiger charge is -2.15. The number of nitrogens with one attached hydrogen (secondary N) is 2. The average molecular weight is 463 g/mol. The van der Waals surface area contributed by atoms with Crippen LogP contribution in [-0.4, -0.2) is 12.5 Å². The number of allylic oxidation sites excluding steroid dienone is 1. The minimum atomic E-state index is -0.0373. The van der Waals surface area contributed by atoms with Crippen molar-refractivity contribution in [1.82, 2.24) is 5.32 Å². The van der Waals surface area contributed by atoms with Gasteiger partial charge < -0.3 is 10.6 Å². The molecule has 0 aliphatic carbocycles. The van der Waals surface area contributed by atoms with E-state index in [4.69, 9.17) is 0 Å². The third-order valence-electron chi connectivity index (χ3n) is 6.05. The quantitative estimate of drug-likeness (QED) is 0.234. The minimum Gasteiger partial charge on any atom is -0.355 e. The zero-order valence-electron chi connectivity index (χ0n) is 18.9. The minimum absolute atomic E-state index is 0.0373. The van der Waals surface area contributed by atoms with Gasteiger partial charge in [-0.3, -0.25) is 4.79 Å². The molecule has 0 saturated heterocycles. The largest absolute Gasteiger partial charge is 0.355 e. The van der Waals surface area contributed by atoms with Crippen molar-refractivity contribution < 1.29 is 4.79 Å². The van der Waals surface area contributed by atoms with Crippen LogP contribution in [0.2, 0.25) is 0 Å². The molecular weight excluding hydrogens is 436 g/mol. The molecule has 0 atom stereocenters. The summed E-state index contributed by atoms with van der Waals surface area (Å²) in [5, 5.41) is 12.6. The summed E-state index contributed by atoms with van der Waals surface area (Å²) in [7, 11) is 0. The van der Waals surface area contributed by atoms with Gasteiger partial charge in [-0.1, -0.05) is 60.7 Å². The number of thiophene rings is 1. The maximum atomic E-state index is 12.4. The summed E-state index contributed by atoms with van der Waals surface area (Å²) in [5.74, 6) is -0.0373. The van der Waals surface area contributed by atoms with Crippen molar-refractivity contribution in [1.29, 1.82) is 0 Å². The van der Waals surface area contributed by atoms with Gasteiger partial charge in [0.05, 0.1) is 0 Å². The van der Waals surface area contributed by atoms with Crippen LogP contribution in [0.15, 0.2) is 103 Å². The SMILES string of the molecule is C=CCc1c(Nc2cccc3ccccc23)ccc2scc(CCNC(=O)c3ccccc3)c12. The Bertz CT molecular complexity index is 1460. The lowest BCUT2D eigenvalue weighted by Crippen LogP contribution is -2.25. The van der Waals surface area contributed by atoms with E-state index < -0.39 is 0 Å². The van der Waals surface area contributed by atoms with Gasteiger partial charge in [0.15, 0.2) is 0 Å². The van der Waals surface area contributed by atoms with E-state index in [-0.39, 0.29) is 5.91 Å². The number of carbonyl (C=O) groups excluding carboxylic acids is 1. The Morgan fingerprint density at radius 3 is 2.53 bits per heavy atom. The molecule has 0 fully saturated rings. The third kappa shape index (κ3) is 4.45. The molecule has 3 nitrogen and oxygen atoms in total. The first kappa shape index (κ1) is 21.9. The second kappa shape index (κ2) is 9.94. The molecule has 34 heavy (non-hydrogen) atoms. The van der Waals surface area contributed by atoms with Crippen molar-refractivity contribution in [3.63, 3.8) is 0 Å². The summed E-state index contributed by atoms with van der Waals surface area (Å²) in [4.78, 5) is 12.4. The Balaban J connectivity index is 1.44. The monoisotopic (exact) mass is 462 g/mol. The van der Waals surface area contributed by atoms with Crippen LogP contribution in [0.4, 0.5) is 11.4 Å². The molecule has 0 radical (unpaired) electrons. The number of fused-ring (bicyclic) bond motifs is 2. The van der Waals surface area contributed by atoms with Crippen LogP contribution in [0.25, 0.3) is 20.9 Å². The number of rotatable bonds is 8. The van der Waals surface area contributed by atoms with Crippen LogP contribution < -0.4 is 10.6 Å². The highest BCUT2D eigenvalue weighted by Gasteiger charge is 2.14. The van der Waals surface area contributed by atoms with Gasteiger partial charge in [0.1, 0.15) is 0 Å². The predicted molar refractivity (Wildman–Crippen MR) is 145 cm³/mol. The van der Waals surface area contributed by atoms with Gasteiger partial charge in [0.25, 0.3) is 5.91 Å². The van der Waals surface area contributed by atoms with Crippen molar-refractivity contribution in [2.24, 2.45) is 0 Å². The smallest absolute Gasteiger partial charge is 0.251 e. The highest BCUT2D eigenvalue weighted by molar-refractivity contribution is 7.17. The predicted octanol–water partition coefficient (Wildman–Crippen LogP) is 7.50. The highest BCUT2D eigenvalue weighted by Crippen LogP contribution is 2.36. The normalized spacial score (nSPS) is 10.9. The molecule has 0 spiro atoms. The molecule has 1 aromatic heterocycles. The molecule has 4 heteroatoms. The molecule has 5 rings (SSSR count). The molecule has 0 bridgehead atoms. The fourth-order valence-electron chi connectivity index (χ4n) is 4.41. The van der Waals surface area contributed by atoms with Gasteiger partial charge >= 0.3 is 0 Å². The van der Waals surface area contributed by atoms with Crippen LogP contribution in [0.3, 0.4) is 0 Å². The van der Waals surface area contributed by atoms with E-state index in [1.165, 1.54) is 32.0 Å². The topological polar surface area (TPSA) is 41.1 Å². The molecule has 4 aromatic carbocycles. The second-order valence-electron chi connectivity index (χ2n) is 8.24. The Morgan fingerprint density at radius 2 is 1.68 bits per heavy atom. The van der Waals surface area contributed by atoms with Crippen LogP contribution in [-0.2, 0) is 12.8 Å². The van der Waals surface area contributed by atoms with Gasteiger partial charge in [-0.25, -0.2) is 0 Å². The molecule has 2 N–H and O–H groups in total. The summed E-state index contributed by atoms with van der Waals surface area (Å²) in [6.07, 6.45) is 3.51. The van der Waals surface area contributed by atoms with Crippen LogP contribution in [0.1, 0.15) is 21.5 Å². The standard InChI is InChI=1S/C30H26N2OS/c1-2-9-25-27(32-26-15-8-13-21-10-6-7-14-24(21)26)16-17-28-29(25)23(20-34-28)18-19-31-30(33)22-11-4-3-5-12-22/h2-8,10-17,20,32H,1,9,18-19H2,(H,31,33). The Labute approximate surface area is 203 Å². The number of hydrogen-bond acceptors (Lipinski definition) is 3. The van der Waals surface area contributed by atoms with E-state index in [0.717, 1.165) is 24.2 Å². The third-order valence-corrected chi connectivity index (χ3v) is 7.04. The van der Waals surface area contributed by atoms with Crippen molar-refractivity contribution in [2.75, 3.05) is 11.9 Å². The van der Waals surface area contributed by atoms with E-state index in [2.05, 4.69) is 77.2 Å². The molecule has 0 aliphatic rings. The van der Waals surface area contributed by atoms with E-state index >= 15 is 0 Å². The lowest BCUT2D eigenvalue weighted by atomic mass is 9.99. The van der Waals surface area contributed by atoms with Crippen LogP contribution >= 0.6 is 11.3 Å². The molecule has 1 heterocycles. The van der Waals surface area contributed by atoms with E-state index in [9.17, 15) is 4.79 Å². The molecular formula is C30H26N2OS. The van der Waals surface area contributed by atoms with Crippen molar-refractivity contribution >= 4 is 49.5 Å². The van der Waals surface area contributed by atoms with Crippen molar-refractivity contribution in [2.45, 2.75) is 12.8 Å². The summed E-state index contributed by atoms with van der Waals surface area (Å²) in [6.45, 7) is 4.60. The fraction of sp³-hybridized carbons (Fsp3) is 0.100. The van der Waals surface area contributed by atoms with Crippen molar-refractivity contribution in [3.05, 3.63) is 120 Å². The second-order valence-corrected chi connectivity index (χ2v) is 9.15. The van der Waals surface area contributed by atoms with Gasteiger partial charge in [-0.15, -0.1) is 17.9 Å². The first-order chi connectivity index (χ1) is 16.7. The first-order valence-electron chi connectivity index (χ1n) is 11.5. The molecule has 168 valence electrons. The van der Waals surface area contributed by atoms with Crippen molar-refractivity contribution in [3.8, 4) is 0 Å². The van der Waals surface area contributed by atoms with E-state index in [1.54, 1.807) is 11.3 Å². The number of anilines is 2. The number of hydrogen-bond donors (Lipinski definition) is 2. The summed E-state index contributed by atoms with van der Waals surface area (Å²) >= 11 is 1.75. The maximum Gasteiger partial charge on any atom is 0.251 e. The summed E-state index contributed by atoms with van der Waals surface area (Å²) < 4.78 is 1.25. The number of carbonyl (C=O) groups is 1. The Morgan fingerprint density at radius 1 is 0.882 bits per heavy atom. The van der Waals surface area contributed by atoms with Gasteiger partial charge in [-0.05, 0) is 65.1 Å².